The van der Waals surface area contributed by atoms with Crippen molar-refractivity contribution in [3.05, 3.63) is 47.1 Å². The number of nitrogens with two attached hydrogens (primary N) is 1. The van der Waals surface area contributed by atoms with E-state index in [1.807, 2.05) is 18.2 Å². The van der Waals surface area contributed by atoms with Gasteiger partial charge in [-0.15, -0.1) is 0 Å². The number of aryl methyl sites for hydroxylation is 1. The van der Waals surface area contributed by atoms with Crippen molar-refractivity contribution in [1.82, 2.24) is 4.98 Å². The lowest BCUT2D eigenvalue weighted by Crippen LogP contribution is -1.91. The molecule has 0 saturated carbocycles. The Morgan fingerprint density at radius 1 is 1.29 bits per heavy atom. The van der Waals surface area contributed by atoms with Crippen LogP contribution in [0.2, 0.25) is 5.02 Å². The van der Waals surface area contributed by atoms with Gasteiger partial charge in [0.05, 0.1) is 16.9 Å². The lowest BCUT2D eigenvalue weighted by molar-refractivity contribution is 0.463. The second-order valence-corrected chi connectivity index (χ2v) is 4.06. The molecule has 0 unspecified atom stereocenters. The van der Waals surface area contributed by atoms with Crippen molar-refractivity contribution in [3.8, 4) is 11.6 Å². The highest BCUT2D eigenvalue weighted by molar-refractivity contribution is 6.32. The average Bonchev–Trinajstić information content (AvgIpc) is 2.34. The van der Waals surface area contributed by atoms with Crippen LogP contribution >= 0.6 is 11.6 Å². The fourth-order valence-corrected chi connectivity index (χ4v) is 1.65. The molecule has 0 amide bonds. The van der Waals surface area contributed by atoms with Crippen molar-refractivity contribution in [3.63, 3.8) is 0 Å². The van der Waals surface area contributed by atoms with E-state index < -0.39 is 0 Å². The minimum Gasteiger partial charge on any atom is -0.437 e. The van der Waals surface area contributed by atoms with Gasteiger partial charge < -0.3 is 10.5 Å². The number of pyridine rings is 1. The van der Waals surface area contributed by atoms with Crippen LogP contribution in [0.5, 0.6) is 11.6 Å². The molecule has 0 bridgehead atoms. The number of benzene rings is 1. The molecular formula is C13H13ClN2O. The zero-order valence-electron chi connectivity index (χ0n) is 9.48. The van der Waals surface area contributed by atoms with Crippen LogP contribution in [-0.2, 0) is 6.42 Å². The quantitative estimate of drug-likeness (QED) is 0.902. The van der Waals surface area contributed by atoms with Crippen LogP contribution in [0.15, 0.2) is 36.5 Å². The smallest absolute Gasteiger partial charge is 0.219 e. The summed E-state index contributed by atoms with van der Waals surface area (Å²) in [7, 11) is 0. The number of ether oxygens (including phenoxy) is 1. The highest BCUT2D eigenvalue weighted by Gasteiger charge is 2.04. The van der Waals surface area contributed by atoms with Gasteiger partial charge in [-0.1, -0.05) is 24.6 Å². The first-order valence-corrected chi connectivity index (χ1v) is 5.74. The number of anilines is 1. The summed E-state index contributed by atoms with van der Waals surface area (Å²) in [5.41, 5.74) is 7.32. The zero-order chi connectivity index (χ0) is 12.3. The normalized spacial score (nSPS) is 10.2. The maximum Gasteiger partial charge on any atom is 0.219 e. The lowest BCUT2D eigenvalue weighted by atomic mass is 10.2. The monoisotopic (exact) mass is 248 g/mol. The molecule has 4 heteroatoms. The molecule has 88 valence electrons. The molecule has 0 aliphatic carbocycles. The van der Waals surface area contributed by atoms with E-state index in [4.69, 9.17) is 22.1 Å². The Morgan fingerprint density at radius 2 is 2.12 bits per heavy atom. The highest BCUT2D eigenvalue weighted by atomic mass is 35.5. The third kappa shape index (κ3) is 2.88. The van der Waals surface area contributed by atoms with Gasteiger partial charge in [0, 0.05) is 6.07 Å². The summed E-state index contributed by atoms with van der Waals surface area (Å²) in [5.74, 6) is 1.08. The summed E-state index contributed by atoms with van der Waals surface area (Å²) >= 11 is 6.11. The molecule has 0 saturated heterocycles. The standard InChI is InChI=1S/C13H13ClN2O/c1-2-9-3-5-12(11(14)7-9)17-13-6-4-10(15)8-16-13/h3-8H,2,15H2,1H3. The van der Waals surface area contributed by atoms with Crippen LogP contribution in [0.1, 0.15) is 12.5 Å². The van der Waals surface area contributed by atoms with Crippen molar-refractivity contribution in [2.24, 2.45) is 0 Å². The van der Waals surface area contributed by atoms with Crippen LogP contribution in [0.3, 0.4) is 0 Å². The van der Waals surface area contributed by atoms with Crippen LogP contribution in [0.4, 0.5) is 5.69 Å². The second-order valence-electron chi connectivity index (χ2n) is 3.65. The fourth-order valence-electron chi connectivity index (χ4n) is 1.41. The van der Waals surface area contributed by atoms with Gasteiger partial charge in [-0.3, -0.25) is 0 Å². The number of hydrogen-bond acceptors (Lipinski definition) is 3. The van der Waals surface area contributed by atoms with Gasteiger partial charge in [-0.2, -0.15) is 0 Å². The molecule has 0 spiro atoms. The van der Waals surface area contributed by atoms with Crippen LogP contribution in [-0.4, -0.2) is 4.98 Å². The SMILES string of the molecule is CCc1ccc(Oc2ccc(N)cn2)c(Cl)c1. The van der Waals surface area contributed by atoms with E-state index in [1.54, 1.807) is 18.3 Å². The van der Waals surface area contributed by atoms with Crippen molar-refractivity contribution < 1.29 is 4.74 Å². The number of halogens is 1. The minimum absolute atomic E-state index is 0.477. The molecular weight excluding hydrogens is 236 g/mol. The summed E-state index contributed by atoms with van der Waals surface area (Å²) in [6, 6.07) is 9.17. The lowest BCUT2D eigenvalue weighted by Gasteiger charge is -2.07. The van der Waals surface area contributed by atoms with Gasteiger partial charge in [0.15, 0.2) is 0 Å². The van der Waals surface area contributed by atoms with Gasteiger partial charge >= 0.3 is 0 Å². The van der Waals surface area contributed by atoms with E-state index in [9.17, 15) is 0 Å². The first kappa shape index (κ1) is 11.7. The molecule has 0 atom stereocenters. The van der Waals surface area contributed by atoms with Gasteiger partial charge in [-0.05, 0) is 30.2 Å². The summed E-state index contributed by atoms with van der Waals surface area (Å²) in [6.07, 6.45) is 2.49. The number of rotatable bonds is 3. The van der Waals surface area contributed by atoms with Crippen molar-refractivity contribution in [2.75, 3.05) is 5.73 Å². The molecule has 1 aromatic heterocycles. The number of hydrogen-bond donors (Lipinski definition) is 1. The summed E-state index contributed by atoms with van der Waals surface area (Å²) in [4.78, 5) is 4.05. The van der Waals surface area contributed by atoms with E-state index in [0.717, 1.165) is 6.42 Å². The van der Waals surface area contributed by atoms with Crippen LogP contribution in [0, 0.1) is 0 Å². The molecule has 2 rings (SSSR count). The van der Waals surface area contributed by atoms with Crippen molar-refractivity contribution in [2.45, 2.75) is 13.3 Å². The van der Waals surface area contributed by atoms with Crippen LogP contribution < -0.4 is 10.5 Å². The van der Waals surface area contributed by atoms with E-state index >= 15 is 0 Å². The largest absolute Gasteiger partial charge is 0.437 e. The molecule has 0 aliphatic rings. The topological polar surface area (TPSA) is 48.1 Å². The predicted molar refractivity (Wildman–Crippen MR) is 69.6 cm³/mol. The van der Waals surface area contributed by atoms with E-state index in [1.165, 1.54) is 5.56 Å². The Kier molecular flexibility index (Phi) is 3.49. The van der Waals surface area contributed by atoms with E-state index in [2.05, 4.69) is 11.9 Å². The fraction of sp³-hybridized carbons (Fsp3) is 0.154. The van der Waals surface area contributed by atoms with Crippen molar-refractivity contribution >= 4 is 17.3 Å². The third-order valence-corrected chi connectivity index (χ3v) is 2.67. The molecule has 0 fully saturated rings. The molecule has 0 aliphatic heterocycles. The molecule has 2 aromatic rings. The third-order valence-electron chi connectivity index (χ3n) is 2.38. The molecule has 1 aromatic carbocycles. The number of nitrogens with zero attached hydrogens (tertiary/aromatic N) is 1. The summed E-state index contributed by atoms with van der Waals surface area (Å²) in [5, 5.41) is 0.586. The molecule has 0 radical (unpaired) electrons. The van der Waals surface area contributed by atoms with Gasteiger partial charge in [0.1, 0.15) is 5.75 Å². The zero-order valence-corrected chi connectivity index (χ0v) is 10.2. The predicted octanol–water partition coefficient (Wildman–Crippen LogP) is 3.67. The van der Waals surface area contributed by atoms with Gasteiger partial charge in [0.2, 0.25) is 5.88 Å². The van der Waals surface area contributed by atoms with Gasteiger partial charge in [0.25, 0.3) is 0 Å². The number of nitrogen functional groups attached to an aromatic ring is 1. The number of aromatic nitrogens is 1. The summed E-state index contributed by atoms with van der Waals surface area (Å²) in [6.45, 7) is 2.08. The second kappa shape index (κ2) is 5.06. The Labute approximate surface area is 105 Å². The van der Waals surface area contributed by atoms with Crippen molar-refractivity contribution in [1.29, 1.82) is 0 Å². The molecule has 2 N–H and O–H groups in total. The Balaban J connectivity index is 2.21. The maximum absolute atomic E-state index is 6.11. The van der Waals surface area contributed by atoms with E-state index in [0.29, 0.717) is 22.3 Å². The Morgan fingerprint density at radius 3 is 2.71 bits per heavy atom. The first-order valence-electron chi connectivity index (χ1n) is 5.37. The van der Waals surface area contributed by atoms with Gasteiger partial charge in [-0.25, -0.2) is 4.98 Å². The minimum atomic E-state index is 0.477. The average molecular weight is 249 g/mol. The van der Waals surface area contributed by atoms with Crippen LogP contribution in [0.25, 0.3) is 0 Å². The Hall–Kier alpha value is -1.74. The molecule has 1 heterocycles. The molecule has 17 heavy (non-hydrogen) atoms. The summed E-state index contributed by atoms with van der Waals surface area (Å²) < 4.78 is 5.57. The first-order chi connectivity index (χ1) is 8.19. The molecule has 3 nitrogen and oxygen atoms in total. The van der Waals surface area contributed by atoms with E-state index in [-0.39, 0.29) is 0 Å². The maximum atomic E-state index is 6.11. The highest BCUT2D eigenvalue weighted by Crippen LogP contribution is 2.29. The Bertz CT molecular complexity index is 511.